The molecular weight excluding hydrogens is 284 g/mol. The highest BCUT2D eigenvalue weighted by molar-refractivity contribution is 5.95. The monoisotopic (exact) mass is 306 g/mol. The van der Waals surface area contributed by atoms with Crippen LogP contribution in [-0.4, -0.2) is 45.2 Å². The molecule has 0 aromatic heterocycles. The van der Waals surface area contributed by atoms with Crippen LogP contribution in [0.5, 0.6) is 5.75 Å². The lowest BCUT2D eigenvalue weighted by atomic mass is 10.3. The van der Waals surface area contributed by atoms with Gasteiger partial charge in [-0.25, -0.2) is 0 Å². The van der Waals surface area contributed by atoms with Gasteiger partial charge in [-0.1, -0.05) is 6.07 Å². The van der Waals surface area contributed by atoms with Crippen molar-refractivity contribution in [3.05, 3.63) is 24.3 Å². The summed E-state index contributed by atoms with van der Waals surface area (Å²) in [5.41, 5.74) is 0.820. The molecule has 0 aliphatic carbocycles. The van der Waals surface area contributed by atoms with Crippen LogP contribution in [0.2, 0.25) is 0 Å². The second-order valence-electron chi connectivity index (χ2n) is 5.13. The van der Waals surface area contributed by atoms with Gasteiger partial charge in [0.2, 0.25) is 5.91 Å². The SMILES string of the molecule is COCCCNC(=O)COc1cccc(N2CCCC2=O)c1. The van der Waals surface area contributed by atoms with Gasteiger partial charge in [0.25, 0.3) is 5.91 Å². The number of carbonyl (C=O) groups is 2. The van der Waals surface area contributed by atoms with Gasteiger partial charge in [0.15, 0.2) is 6.61 Å². The first-order chi connectivity index (χ1) is 10.7. The van der Waals surface area contributed by atoms with Crippen LogP contribution in [-0.2, 0) is 14.3 Å². The summed E-state index contributed by atoms with van der Waals surface area (Å²) in [6, 6.07) is 7.28. The number of benzene rings is 1. The minimum absolute atomic E-state index is 0.0373. The van der Waals surface area contributed by atoms with E-state index in [0.29, 0.717) is 25.3 Å². The quantitative estimate of drug-likeness (QED) is 0.736. The van der Waals surface area contributed by atoms with Crippen LogP contribution in [0.1, 0.15) is 19.3 Å². The molecule has 0 saturated carbocycles. The molecule has 1 saturated heterocycles. The van der Waals surface area contributed by atoms with Gasteiger partial charge in [-0.15, -0.1) is 0 Å². The molecule has 1 fully saturated rings. The highest BCUT2D eigenvalue weighted by atomic mass is 16.5. The minimum atomic E-state index is -0.168. The number of anilines is 1. The second-order valence-corrected chi connectivity index (χ2v) is 5.13. The summed E-state index contributed by atoms with van der Waals surface area (Å²) in [7, 11) is 1.63. The lowest BCUT2D eigenvalue weighted by Crippen LogP contribution is -2.30. The van der Waals surface area contributed by atoms with E-state index in [-0.39, 0.29) is 18.4 Å². The molecule has 1 aliphatic rings. The molecule has 2 amide bonds. The van der Waals surface area contributed by atoms with Crippen molar-refractivity contribution in [3.63, 3.8) is 0 Å². The summed E-state index contributed by atoms with van der Waals surface area (Å²) < 4.78 is 10.4. The van der Waals surface area contributed by atoms with E-state index < -0.39 is 0 Å². The Morgan fingerprint density at radius 2 is 2.27 bits per heavy atom. The molecule has 0 spiro atoms. The Balaban J connectivity index is 1.80. The summed E-state index contributed by atoms with van der Waals surface area (Å²) in [5, 5.41) is 2.76. The van der Waals surface area contributed by atoms with E-state index in [1.807, 2.05) is 12.1 Å². The number of rotatable bonds is 8. The van der Waals surface area contributed by atoms with Gasteiger partial charge in [0.1, 0.15) is 5.75 Å². The number of amides is 2. The van der Waals surface area contributed by atoms with Crippen LogP contribution in [0.4, 0.5) is 5.69 Å². The molecule has 1 N–H and O–H groups in total. The van der Waals surface area contributed by atoms with E-state index in [4.69, 9.17) is 9.47 Å². The normalized spacial score (nSPS) is 14.2. The van der Waals surface area contributed by atoms with Gasteiger partial charge in [-0.05, 0) is 25.0 Å². The number of hydrogen-bond acceptors (Lipinski definition) is 4. The molecule has 0 radical (unpaired) electrons. The van der Waals surface area contributed by atoms with Gasteiger partial charge in [0, 0.05) is 45.0 Å². The first-order valence-corrected chi connectivity index (χ1v) is 7.49. The molecule has 6 nitrogen and oxygen atoms in total. The average molecular weight is 306 g/mol. The molecule has 0 atom stereocenters. The number of nitrogens with zero attached hydrogens (tertiary/aromatic N) is 1. The smallest absolute Gasteiger partial charge is 0.257 e. The van der Waals surface area contributed by atoms with E-state index in [1.54, 1.807) is 24.1 Å². The topological polar surface area (TPSA) is 67.9 Å². The number of methoxy groups -OCH3 is 1. The Morgan fingerprint density at radius 1 is 1.41 bits per heavy atom. The summed E-state index contributed by atoms with van der Waals surface area (Å²) in [5.74, 6) is 0.552. The fourth-order valence-electron chi connectivity index (χ4n) is 2.31. The Labute approximate surface area is 130 Å². The van der Waals surface area contributed by atoms with Crippen molar-refractivity contribution < 1.29 is 19.1 Å². The van der Waals surface area contributed by atoms with Gasteiger partial charge in [-0.3, -0.25) is 9.59 Å². The third kappa shape index (κ3) is 4.73. The predicted octanol–water partition coefficient (Wildman–Crippen LogP) is 1.34. The number of ether oxygens (including phenoxy) is 2. The van der Waals surface area contributed by atoms with Crippen molar-refractivity contribution in [3.8, 4) is 5.75 Å². The van der Waals surface area contributed by atoms with Gasteiger partial charge >= 0.3 is 0 Å². The van der Waals surface area contributed by atoms with E-state index in [9.17, 15) is 9.59 Å². The molecule has 22 heavy (non-hydrogen) atoms. The third-order valence-corrected chi connectivity index (χ3v) is 3.42. The van der Waals surface area contributed by atoms with Crippen molar-refractivity contribution in [2.24, 2.45) is 0 Å². The zero-order valence-electron chi connectivity index (χ0n) is 12.8. The molecule has 6 heteroatoms. The zero-order valence-corrected chi connectivity index (χ0v) is 12.8. The summed E-state index contributed by atoms with van der Waals surface area (Å²) in [6.07, 6.45) is 2.25. The van der Waals surface area contributed by atoms with E-state index in [1.165, 1.54) is 0 Å². The third-order valence-electron chi connectivity index (χ3n) is 3.42. The molecule has 0 unspecified atom stereocenters. The highest BCUT2D eigenvalue weighted by Crippen LogP contribution is 2.25. The lowest BCUT2D eigenvalue weighted by Gasteiger charge is -2.16. The maximum atomic E-state index is 11.7. The lowest BCUT2D eigenvalue weighted by molar-refractivity contribution is -0.123. The van der Waals surface area contributed by atoms with E-state index in [2.05, 4.69) is 5.32 Å². The van der Waals surface area contributed by atoms with Crippen LogP contribution in [0, 0.1) is 0 Å². The number of nitrogens with one attached hydrogen (secondary N) is 1. The predicted molar refractivity (Wildman–Crippen MR) is 83.0 cm³/mol. The van der Waals surface area contributed by atoms with Gasteiger partial charge in [-0.2, -0.15) is 0 Å². The van der Waals surface area contributed by atoms with Crippen LogP contribution in [0.25, 0.3) is 0 Å². The van der Waals surface area contributed by atoms with Crippen LogP contribution in [0.15, 0.2) is 24.3 Å². The van der Waals surface area contributed by atoms with E-state index >= 15 is 0 Å². The Bertz CT molecular complexity index is 519. The fraction of sp³-hybridized carbons (Fsp3) is 0.500. The Kier molecular flexibility index (Phi) is 6.21. The Morgan fingerprint density at radius 3 is 3.00 bits per heavy atom. The van der Waals surface area contributed by atoms with Crippen molar-refractivity contribution in [1.29, 1.82) is 0 Å². The molecular formula is C16H22N2O4. The Hall–Kier alpha value is -2.08. The first-order valence-electron chi connectivity index (χ1n) is 7.49. The maximum Gasteiger partial charge on any atom is 0.257 e. The van der Waals surface area contributed by atoms with Crippen molar-refractivity contribution in [2.75, 3.05) is 38.3 Å². The second kappa shape index (κ2) is 8.38. The maximum absolute atomic E-state index is 11.7. The largest absolute Gasteiger partial charge is 0.484 e. The van der Waals surface area contributed by atoms with E-state index in [0.717, 1.165) is 25.1 Å². The van der Waals surface area contributed by atoms with Crippen LogP contribution >= 0.6 is 0 Å². The van der Waals surface area contributed by atoms with Crippen molar-refractivity contribution in [2.45, 2.75) is 19.3 Å². The van der Waals surface area contributed by atoms with Gasteiger partial charge in [0.05, 0.1) is 0 Å². The van der Waals surface area contributed by atoms with Crippen LogP contribution < -0.4 is 15.0 Å². The molecule has 1 aliphatic heterocycles. The first kappa shape index (κ1) is 16.3. The summed E-state index contributed by atoms with van der Waals surface area (Å²) in [4.78, 5) is 25.1. The summed E-state index contributed by atoms with van der Waals surface area (Å²) in [6.45, 7) is 1.89. The molecule has 120 valence electrons. The standard InChI is InChI=1S/C16H22N2O4/c1-21-10-4-8-17-15(19)12-22-14-6-2-5-13(11-14)18-9-3-7-16(18)20/h2,5-6,11H,3-4,7-10,12H2,1H3,(H,17,19). The van der Waals surface area contributed by atoms with Crippen LogP contribution in [0.3, 0.4) is 0 Å². The molecule has 1 heterocycles. The minimum Gasteiger partial charge on any atom is -0.484 e. The molecule has 0 bridgehead atoms. The summed E-state index contributed by atoms with van der Waals surface area (Å²) >= 11 is 0. The van der Waals surface area contributed by atoms with Crippen molar-refractivity contribution in [1.82, 2.24) is 5.32 Å². The zero-order chi connectivity index (χ0) is 15.8. The number of carbonyl (C=O) groups excluding carboxylic acids is 2. The fourth-order valence-corrected chi connectivity index (χ4v) is 2.31. The number of hydrogen-bond donors (Lipinski definition) is 1. The molecule has 1 aromatic rings. The molecule has 2 rings (SSSR count). The molecule has 1 aromatic carbocycles. The highest BCUT2D eigenvalue weighted by Gasteiger charge is 2.21. The van der Waals surface area contributed by atoms with Gasteiger partial charge < -0.3 is 19.7 Å². The van der Waals surface area contributed by atoms with Crippen molar-refractivity contribution >= 4 is 17.5 Å². The average Bonchev–Trinajstić information content (AvgIpc) is 2.96.